The minimum Gasteiger partial charge on any atom is -0.381 e. The molecule has 0 radical (unpaired) electrons. The molecule has 2 unspecified atom stereocenters. The molecule has 1 heterocycles. The van der Waals surface area contributed by atoms with Crippen LogP contribution in [-0.4, -0.2) is 42.2 Å². The lowest BCUT2D eigenvalue weighted by Crippen LogP contribution is -2.48. The van der Waals surface area contributed by atoms with Crippen molar-refractivity contribution in [2.24, 2.45) is 5.73 Å². The van der Waals surface area contributed by atoms with Gasteiger partial charge in [-0.15, -0.1) is 12.4 Å². The van der Waals surface area contributed by atoms with Crippen molar-refractivity contribution in [3.8, 4) is 0 Å². The summed E-state index contributed by atoms with van der Waals surface area (Å²) in [6.45, 7) is 1.66. The SMILES string of the molecule is COC1CCN(Cc2ccc([N+](=O)[O-])cc2F)C(CN)C1.Cl. The van der Waals surface area contributed by atoms with Crippen LogP contribution in [0.2, 0.25) is 0 Å². The molecular weight excluding hydrogens is 313 g/mol. The number of rotatable bonds is 5. The van der Waals surface area contributed by atoms with E-state index in [1.807, 2.05) is 0 Å². The highest BCUT2D eigenvalue weighted by molar-refractivity contribution is 5.85. The van der Waals surface area contributed by atoms with E-state index >= 15 is 0 Å². The number of ether oxygens (including phenoxy) is 1. The van der Waals surface area contributed by atoms with Crippen LogP contribution in [0, 0.1) is 15.9 Å². The summed E-state index contributed by atoms with van der Waals surface area (Å²) in [5, 5.41) is 10.6. The molecule has 2 rings (SSSR count). The second-order valence-electron chi connectivity index (χ2n) is 5.27. The number of benzene rings is 1. The summed E-state index contributed by atoms with van der Waals surface area (Å²) in [6, 6.07) is 3.91. The largest absolute Gasteiger partial charge is 0.381 e. The van der Waals surface area contributed by atoms with Gasteiger partial charge in [0.15, 0.2) is 0 Å². The summed E-state index contributed by atoms with van der Waals surface area (Å²) in [5.41, 5.74) is 6.01. The topological polar surface area (TPSA) is 81.6 Å². The predicted molar refractivity (Wildman–Crippen MR) is 83.6 cm³/mol. The summed E-state index contributed by atoms with van der Waals surface area (Å²) >= 11 is 0. The van der Waals surface area contributed by atoms with Gasteiger partial charge in [-0.3, -0.25) is 15.0 Å². The van der Waals surface area contributed by atoms with Gasteiger partial charge < -0.3 is 10.5 Å². The average molecular weight is 334 g/mol. The third kappa shape index (κ3) is 4.36. The van der Waals surface area contributed by atoms with Crippen LogP contribution in [0.1, 0.15) is 18.4 Å². The van der Waals surface area contributed by atoms with E-state index in [0.717, 1.165) is 25.5 Å². The quantitative estimate of drug-likeness (QED) is 0.659. The Hall–Kier alpha value is -1.28. The van der Waals surface area contributed by atoms with Crippen molar-refractivity contribution in [2.75, 3.05) is 20.2 Å². The maximum absolute atomic E-state index is 14.0. The van der Waals surface area contributed by atoms with Crippen molar-refractivity contribution in [1.82, 2.24) is 4.90 Å². The maximum atomic E-state index is 14.0. The van der Waals surface area contributed by atoms with E-state index < -0.39 is 10.7 Å². The third-order valence-electron chi connectivity index (χ3n) is 4.02. The Balaban J connectivity index is 0.00000242. The standard InChI is InChI=1S/C14H20FN3O3.ClH/c1-21-13-4-5-17(12(6-13)8-16)9-10-2-3-11(18(19)20)7-14(10)15;/h2-3,7,12-13H,4-6,8-9,16H2,1H3;1H. The molecule has 0 saturated carbocycles. The van der Waals surface area contributed by atoms with Gasteiger partial charge >= 0.3 is 0 Å². The zero-order valence-electron chi connectivity index (χ0n) is 12.4. The molecule has 0 aromatic heterocycles. The maximum Gasteiger partial charge on any atom is 0.272 e. The number of methoxy groups -OCH3 is 1. The normalized spacial score (nSPS) is 22.1. The molecule has 2 N–H and O–H groups in total. The molecule has 1 aromatic carbocycles. The third-order valence-corrected chi connectivity index (χ3v) is 4.02. The van der Waals surface area contributed by atoms with Crippen LogP contribution >= 0.6 is 12.4 Å². The molecular formula is C14H21ClFN3O3. The Bertz CT molecular complexity index is 518. The molecule has 0 spiro atoms. The van der Waals surface area contributed by atoms with Crippen LogP contribution in [0.15, 0.2) is 18.2 Å². The number of likely N-dealkylation sites (tertiary alicyclic amines) is 1. The highest BCUT2D eigenvalue weighted by atomic mass is 35.5. The van der Waals surface area contributed by atoms with Crippen LogP contribution in [0.4, 0.5) is 10.1 Å². The molecule has 2 atom stereocenters. The Morgan fingerprint density at radius 3 is 2.82 bits per heavy atom. The first-order chi connectivity index (χ1) is 10.0. The van der Waals surface area contributed by atoms with E-state index in [1.54, 1.807) is 7.11 Å². The minimum atomic E-state index is -0.598. The molecule has 0 bridgehead atoms. The molecule has 8 heteroatoms. The molecule has 1 saturated heterocycles. The number of hydrogen-bond donors (Lipinski definition) is 1. The van der Waals surface area contributed by atoms with E-state index in [1.165, 1.54) is 12.1 Å². The Morgan fingerprint density at radius 2 is 2.27 bits per heavy atom. The van der Waals surface area contributed by atoms with Gasteiger partial charge in [-0.25, -0.2) is 4.39 Å². The molecule has 6 nitrogen and oxygen atoms in total. The molecule has 1 aromatic rings. The minimum absolute atomic E-state index is 0. The highest BCUT2D eigenvalue weighted by Gasteiger charge is 2.28. The fourth-order valence-corrected chi connectivity index (χ4v) is 2.73. The lowest BCUT2D eigenvalue weighted by molar-refractivity contribution is -0.385. The Labute approximate surface area is 135 Å². The van der Waals surface area contributed by atoms with Crippen molar-refractivity contribution >= 4 is 18.1 Å². The van der Waals surface area contributed by atoms with Crippen LogP contribution in [0.25, 0.3) is 0 Å². The summed E-state index contributed by atoms with van der Waals surface area (Å²) in [4.78, 5) is 12.1. The van der Waals surface area contributed by atoms with Gasteiger partial charge in [-0.05, 0) is 18.9 Å². The molecule has 0 amide bonds. The second kappa shape index (κ2) is 8.38. The summed E-state index contributed by atoms with van der Waals surface area (Å²) < 4.78 is 19.3. The molecule has 124 valence electrons. The van der Waals surface area contributed by atoms with Gasteiger partial charge in [0.25, 0.3) is 5.69 Å². The Kier molecular flexibility index (Phi) is 7.15. The fraction of sp³-hybridized carbons (Fsp3) is 0.571. The molecule has 1 fully saturated rings. The molecule has 1 aliphatic rings. The van der Waals surface area contributed by atoms with E-state index in [2.05, 4.69) is 4.90 Å². The number of halogens is 2. The zero-order chi connectivity index (χ0) is 15.4. The van der Waals surface area contributed by atoms with E-state index in [0.29, 0.717) is 18.7 Å². The van der Waals surface area contributed by atoms with Crippen LogP contribution < -0.4 is 5.73 Å². The number of hydrogen-bond acceptors (Lipinski definition) is 5. The lowest BCUT2D eigenvalue weighted by atomic mass is 9.98. The van der Waals surface area contributed by atoms with Crippen LogP contribution in [0.3, 0.4) is 0 Å². The molecule has 0 aliphatic carbocycles. The average Bonchev–Trinajstić information content (AvgIpc) is 2.49. The summed E-state index contributed by atoms with van der Waals surface area (Å²) in [7, 11) is 1.68. The monoisotopic (exact) mass is 333 g/mol. The van der Waals surface area contributed by atoms with E-state index in [9.17, 15) is 14.5 Å². The summed E-state index contributed by atoms with van der Waals surface area (Å²) in [6.07, 6.45) is 1.89. The lowest BCUT2D eigenvalue weighted by Gasteiger charge is -2.38. The number of piperidine rings is 1. The second-order valence-corrected chi connectivity index (χ2v) is 5.27. The Morgan fingerprint density at radius 1 is 1.55 bits per heavy atom. The van der Waals surface area contributed by atoms with Gasteiger partial charge in [0.1, 0.15) is 5.82 Å². The number of nitrogens with zero attached hydrogens (tertiary/aromatic N) is 2. The highest BCUT2D eigenvalue weighted by Crippen LogP contribution is 2.23. The van der Waals surface area contributed by atoms with Gasteiger partial charge in [-0.2, -0.15) is 0 Å². The van der Waals surface area contributed by atoms with Gasteiger partial charge in [0.2, 0.25) is 0 Å². The van der Waals surface area contributed by atoms with Crippen molar-refractivity contribution in [2.45, 2.75) is 31.5 Å². The van der Waals surface area contributed by atoms with Crippen molar-refractivity contribution in [3.05, 3.63) is 39.7 Å². The number of nitro benzene ring substituents is 1. The van der Waals surface area contributed by atoms with E-state index in [4.69, 9.17) is 10.5 Å². The van der Waals surface area contributed by atoms with Crippen molar-refractivity contribution in [3.63, 3.8) is 0 Å². The van der Waals surface area contributed by atoms with Gasteiger partial charge in [0, 0.05) is 44.4 Å². The van der Waals surface area contributed by atoms with Crippen LogP contribution in [-0.2, 0) is 11.3 Å². The van der Waals surface area contributed by atoms with Crippen molar-refractivity contribution < 1.29 is 14.1 Å². The number of non-ortho nitro benzene ring substituents is 1. The van der Waals surface area contributed by atoms with Crippen molar-refractivity contribution in [1.29, 1.82) is 0 Å². The molecule has 1 aliphatic heterocycles. The number of nitrogens with two attached hydrogens (primary N) is 1. The smallest absolute Gasteiger partial charge is 0.272 e. The first-order valence-corrected chi connectivity index (χ1v) is 6.95. The first kappa shape index (κ1) is 18.8. The number of nitro groups is 1. The van der Waals surface area contributed by atoms with Crippen LogP contribution in [0.5, 0.6) is 0 Å². The van der Waals surface area contributed by atoms with E-state index in [-0.39, 0.29) is 30.2 Å². The zero-order valence-corrected chi connectivity index (χ0v) is 13.2. The van der Waals surface area contributed by atoms with Gasteiger partial charge in [0.05, 0.1) is 17.1 Å². The predicted octanol–water partition coefficient (Wildman–Crippen LogP) is 2.09. The first-order valence-electron chi connectivity index (χ1n) is 6.95. The molecule has 22 heavy (non-hydrogen) atoms. The summed E-state index contributed by atoms with van der Waals surface area (Å²) in [5.74, 6) is -0.547. The fourth-order valence-electron chi connectivity index (χ4n) is 2.73. The van der Waals surface area contributed by atoms with Gasteiger partial charge in [-0.1, -0.05) is 0 Å².